The van der Waals surface area contributed by atoms with E-state index in [1.54, 1.807) is 12.1 Å². The molecule has 0 spiro atoms. The number of unbranched alkanes of at least 4 members (excludes halogenated alkanes) is 2. The normalized spacial score (nSPS) is 21.6. The summed E-state index contributed by atoms with van der Waals surface area (Å²) in [6, 6.07) is 22.7. The smallest absolute Gasteiger partial charge is 0.224 e. The van der Waals surface area contributed by atoms with Crippen molar-refractivity contribution in [2.75, 3.05) is 36.1 Å². The van der Waals surface area contributed by atoms with Gasteiger partial charge in [0.1, 0.15) is 0 Å². The summed E-state index contributed by atoms with van der Waals surface area (Å²) in [5, 5.41) is 25.2. The van der Waals surface area contributed by atoms with Crippen molar-refractivity contribution in [1.29, 1.82) is 0 Å². The molecule has 6 N–H and O–H groups in total. The molecular formula is C36H46N4O6. The van der Waals surface area contributed by atoms with Crippen LogP contribution in [0.15, 0.2) is 72.8 Å². The Bertz CT molecular complexity index is 1430. The van der Waals surface area contributed by atoms with E-state index in [0.29, 0.717) is 55.7 Å². The van der Waals surface area contributed by atoms with Gasteiger partial charge in [-0.1, -0.05) is 55.0 Å². The van der Waals surface area contributed by atoms with Gasteiger partial charge in [-0.3, -0.25) is 14.5 Å². The maximum absolute atomic E-state index is 12.8. The van der Waals surface area contributed by atoms with Gasteiger partial charge in [0, 0.05) is 43.1 Å². The van der Waals surface area contributed by atoms with Crippen molar-refractivity contribution < 1.29 is 29.3 Å². The summed E-state index contributed by atoms with van der Waals surface area (Å²) in [6.07, 6.45) is 4.58. The van der Waals surface area contributed by atoms with Gasteiger partial charge in [-0.2, -0.15) is 0 Å². The van der Waals surface area contributed by atoms with E-state index in [4.69, 9.17) is 15.2 Å². The maximum Gasteiger partial charge on any atom is 0.224 e. The van der Waals surface area contributed by atoms with Crippen molar-refractivity contribution >= 4 is 28.9 Å². The van der Waals surface area contributed by atoms with Gasteiger partial charge in [0.2, 0.25) is 11.8 Å². The van der Waals surface area contributed by atoms with Crippen molar-refractivity contribution in [1.82, 2.24) is 4.90 Å². The van der Waals surface area contributed by atoms with E-state index in [1.165, 1.54) is 0 Å². The highest BCUT2D eigenvalue weighted by Crippen LogP contribution is 2.39. The van der Waals surface area contributed by atoms with E-state index in [0.717, 1.165) is 42.5 Å². The number of nitrogen functional groups attached to an aromatic ring is 1. The maximum atomic E-state index is 12.8. The number of amides is 2. The van der Waals surface area contributed by atoms with E-state index in [2.05, 4.69) is 15.5 Å². The molecule has 3 aromatic rings. The molecule has 4 atom stereocenters. The number of para-hydroxylation sites is 2. The zero-order chi connectivity index (χ0) is 32.3. The van der Waals surface area contributed by atoms with Crippen LogP contribution in [0.5, 0.6) is 0 Å². The number of hydrogen-bond donors (Lipinski definition) is 5. The van der Waals surface area contributed by atoms with Crippen LogP contribution in [0.4, 0.5) is 17.1 Å². The van der Waals surface area contributed by atoms with Gasteiger partial charge < -0.3 is 36.1 Å². The van der Waals surface area contributed by atoms with Crippen molar-refractivity contribution in [2.24, 2.45) is 0 Å². The van der Waals surface area contributed by atoms with E-state index < -0.39 is 6.29 Å². The minimum absolute atomic E-state index is 0.0158. The fourth-order valence-electron chi connectivity index (χ4n) is 6.19. The topological polar surface area (TPSA) is 146 Å². The molecule has 0 radical (unpaired) electrons. The Morgan fingerprint density at radius 3 is 2.37 bits per heavy atom. The fraction of sp³-hybridized carbons (Fsp3) is 0.444. The van der Waals surface area contributed by atoms with Crippen LogP contribution in [0.25, 0.3) is 0 Å². The lowest BCUT2D eigenvalue weighted by atomic mass is 9.99. The van der Waals surface area contributed by atoms with Crippen molar-refractivity contribution in [2.45, 2.75) is 82.5 Å². The summed E-state index contributed by atoms with van der Waals surface area (Å²) in [7, 11) is 0. The first-order valence-corrected chi connectivity index (χ1v) is 16.3. The second-order valence-corrected chi connectivity index (χ2v) is 12.2. The van der Waals surface area contributed by atoms with E-state index in [-0.39, 0.29) is 43.3 Å². The van der Waals surface area contributed by atoms with Crippen LogP contribution in [0.2, 0.25) is 0 Å². The van der Waals surface area contributed by atoms with Gasteiger partial charge in [-0.05, 0) is 67.6 Å². The summed E-state index contributed by atoms with van der Waals surface area (Å²) in [5.41, 5.74) is 10.4. The number of carbonyl (C=O) groups is 2. The predicted molar refractivity (Wildman–Crippen MR) is 178 cm³/mol. The Labute approximate surface area is 270 Å². The zero-order valence-corrected chi connectivity index (χ0v) is 26.3. The van der Waals surface area contributed by atoms with Crippen LogP contribution >= 0.6 is 0 Å². The minimum atomic E-state index is -0.634. The molecule has 2 saturated heterocycles. The Kier molecular flexibility index (Phi) is 12.2. The first kappa shape index (κ1) is 33.6. The lowest BCUT2D eigenvalue weighted by molar-refractivity contribution is -0.253. The Morgan fingerprint density at radius 2 is 1.63 bits per heavy atom. The highest BCUT2D eigenvalue weighted by atomic mass is 16.7. The molecule has 2 fully saturated rings. The number of hydrogen-bond acceptors (Lipinski definition) is 8. The SMILES string of the molecule is Nc1ccccc1NC(=O)CCCCCC(=O)Nc1cccc([C@H]2O[C@@H](CN3CCC[C@H]3CO)C[C@@H](c3ccc(CO)cc3)O2)c1. The zero-order valence-electron chi connectivity index (χ0n) is 26.3. The number of likely N-dealkylation sites (tertiary alicyclic amines) is 1. The highest BCUT2D eigenvalue weighted by Gasteiger charge is 2.35. The minimum Gasteiger partial charge on any atom is -0.397 e. The van der Waals surface area contributed by atoms with Crippen LogP contribution in [0, 0.1) is 0 Å². The highest BCUT2D eigenvalue weighted by molar-refractivity contribution is 5.93. The number of nitrogens with one attached hydrogen (secondary N) is 2. The number of ether oxygens (including phenoxy) is 2. The summed E-state index contributed by atoms with van der Waals surface area (Å²) < 4.78 is 13.0. The second kappa shape index (κ2) is 16.7. The number of nitrogens with two attached hydrogens (primary N) is 1. The van der Waals surface area contributed by atoms with E-state index in [9.17, 15) is 19.8 Å². The third-order valence-electron chi connectivity index (χ3n) is 8.75. The van der Waals surface area contributed by atoms with E-state index in [1.807, 2.05) is 60.7 Å². The van der Waals surface area contributed by atoms with Crippen LogP contribution in [0.3, 0.4) is 0 Å². The van der Waals surface area contributed by atoms with Gasteiger partial charge in [-0.15, -0.1) is 0 Å². The molecule has 0 bridgehead atoms. The Hall–Kier alpha value is -3.80. The van der Waals surface area contributed by atoms with Crippen LogP contribution in [0.1, 0.15) is 80.5 Å². The molecule has 2 heterocycles. The molecule has 0 aromatic heterocycles. The van der Waals surface area contributed by atoms with Crippen molar-refractivity contribution in [3.05, 3.63) is 89.5 Å². The van der Waals surface area contributed by atoms with Crippen molar-refractivity contribution in [3.63, 3.8) is 0 Å². The molecule has 2 aliphatic heterocycles. The molecule has 0 saturated carbocycles. The average molecular weight is 631 g/mol. The van der Waals surface area contributed by atoms with Gasteiger partial charge >= 0.3 is 0 Å². The average Bonchev–Trinajstić information content (AvgIpc) is 3.52. The lowest BCUT2D eigenvalue weighted by Crippen LogP contribution is -2.42. The molecule has 2 aliphatic rings. The van der Waals surface area contributed by atoms with Gasteiger partial charge in [0.05, 0.1) is 36.8 Å². The quantitative estimate of drug-likeness (QED) is 0.119. The number of benzene rings is 3. The Morgan fingerprint density at radius 1 is 0.870 bits per heavy atom. The third-order valence-corrected chi connectivity index (χ3v) is 8.75. The summed E-state index contributed by atoms with van der Waals surface area (Å²) >= 11 is 0. The second-order valence-electron chi connectivity index (χ2n) is 12.2. The summed E-state index contributed by atoms with van der Waals surface area (Å²) in [4.78, 5) is 27.3. The molecule has 10 heteroatoms. The number of aliphatic hydroxyl groups excluding tert-OH is 2. The number of carbonyl (C=O) groups excluding carboxylic acids is 2. The number of aliphatic hydroxyl groups is 2. The molecule has 3 aromatic carbocycles. The molecule has 0 aliphatic carbocycles. The van der Waals surface area contributed by atoms with Gasteiger partial charge in [0.15, 0.2) is 6.29 Å². The summed E-state index contributed by atoms with van der Waals surface area (Å²) in [5.74, 6) is -0.181. The van der Waals surface area contributed by atoms with Crippen LogP contribution < -0.4 is 16.4 Å². The Balaban J connectivity index is 1.14. The molecule has 46 heavy (non-hydrogen) atoms. The first-order chi connectivity index (χ1) is 22.4. The third kappa shape index (κ3) is 9.37. The molecule has 0 unspecified atom stereocenters. The number of rotatable bonds is 14. The molecule has 2 amide bonds. The number of anilines is 3. The van der Waals surface area contributed by atoms with Gasteiger partial charge in [0.25, 0.3) is 0 Å². The molecule has 5 rings (SSSR count). The molecule has 10 nitrogen and oxygen atoms in total. The predicted octanol–water partition coefficient (Wildman–Crippen LogP) is 5.29. The standard InChI is InChI=1S/C36H46N4O6/c37-31-11-4-5-12-32(31)39-35(44)14-3-1-2-13-34(43)38-28-9-6-8-27(20-28)36-45-30(22-40-19-7-10-29(40)24-42)21-33(46-36)26-17-15-25(23-41)16-18-26/h4-6,8-9,11-12,15-18,20,29-30,33,36,41-42H,1-3,7,10,13-14,19,21-24,37H2,(H,38,43)(H,39,44)/t29-,30+,33-,36-/m0/s1. The first-order valence-electron chi connectivity index (χ1n) is 16.3. The van der Waals surface area contributed by atoms with Gasteiger partial charge in [-0.25, -0.2) is 0 Å². The van der Waals surface area contributed by atoms with E-state index >= 15 is 0 Å². The van der Waals surface area contributed by atoms with Crippen LogP contribution in [-0.2, 0) is 25.7 Å². The monoisotopic (exact) mass is 630 g/mol. The summed E-state index contributed by atoms with van der Waals surface area (Å²) in [6.45, 7) is 1.76. The molecule has 246 valence electrons. The molecular weight excluding hydrogens is 584 g/mol. The fourth-order valence-corrected chi connectivity index (χ4v) is 6.19. The van der Waals surface area contributed by atoms with Crippen LogP contribution in [-0.4, -0.2) is 58.8 Å². The lowest BCUT2D eigenvalue weighted by Gasteiger charge is -2.38. The van der Waals surface area contributed by atoms with Crippen molar-refractivity contribution in [3.8, 4) is 0 Å². The largest absolute Gasteiger partial charge is 0.397 e. The number of nitrogens with zero attached hydrogens (tertiary/aromatic N) is 1.